The fourth-order valence-corrected chi connectivity index (χ4v) is 2.89. The van der Waals surface area contributed by atoms with E-state index in [2.05, 4.69) is 21.2 Å². The Balaban J connectivity index is 2.12. The minimum Gasteiger partial charge on any atom is -0.487 e. The lowest BCUT2D eigenvalue weighted by molar-refractivity contribution is 0.199. The second-order valence-electron chi connectivity index (χ2n) is 6.84. The Morgan fingerprint density at radius 3 is 2.32 bits per heavy atom. The molecular formula is C22H22ClN3O2. The maximum Gasteiger partial charge on any atom is 0.224 e. The first-order chi connectivity index (χ1) is 13.4. The Bertz CT molecular complexity index is 1040. The highest BCUT2D eigenvalue weighted by molar-refractivity contribution is 6.28. The topological polar surface area (TPSA) is 56.3 Å². The van der Waals surface area contributed by atoms with E-state index in [-0.39, 0.29) is 17.5 Å². The zero-order valence-corrected chi connectivity index (χ0v) is 17.0. The summed E-state index contributed by atoms with van der Waals surface area (Å²) in [7, 11) is 0. The highest BCUT2D eigenvalue weighted by Crippen LogP contribution is 2.37. The van der Waals surface area contributed by atoms with Crippen LogP contribution in [0.25, 0.3) is 10.9 Å². The molecule has 28 heavy (non-hydrogen) atoms. The van der Waals surface area contributed by atoms with E-state index in [9.17, 15) is 0 Å². The molecule has 0 aliphatic rings. The third-order valence-corrected chi connectivity index (χ3v) is 3.92. The first kappa shape index (κ1) is 19.8. The fraction of sp³-hybridized carbons (Fsp3) is 0.273. The van der Waals surface area contributed by atoms with Crippen LogP contribution >= 0.6 is 11.6 Å². The fourth-order valence-electron chi connectivity index (χ4n) is 2.72. The molecule has 1 aromatic heterocycles. The van der Waals surface area contributed by atoms with Crippen LogP contribution in [0, 0.1) is 12.3 Å². The predicted molar refractivity (Wildman–Crippen MR) is 114 cm³/mol. The van der Waals surface area contributed by atoms with Gasteiger partial charge in [-0.3, -0.25) is 0 Å². The summed E-state index contributed by atoms with van der Waals surface area (Å²) in [6.45, 7) is 7.85. The van der Waals surface area contributed by atoms with Gasteiger partial charge in [0.05, 0.1) is 17.7 Å². The van der Waals surface area contributed by atoms with Gasteiger partial charge in [0.15, 0.2) is 11.5 Å². The summed E-state index contributed by atoms with van der Waals surface area (Å²) in [6.07, 6.45) is 5.48. The molecule has 1 heterocycles. The molecule has 0 saturated heterocycles. The molecule has 0 atom stereocenters. The zero-order valence-electron chi connectivity index (χ0n) is 16.3. The quantitative estimate of drug-likeness (QED) is 0.436. The number of aromatic nitrogens is 2. The van der Waals surface area contributed by atoms with E-state index in [0.29, 0.717) is 22.8 Å². The van der Waals surface area contributed by atoms with Gasteiger partial charge < -0.3 is 14.8 Å². The van der Waals surface area contributed by atoms with Crippen molar-refractivity contribution >= 4 is 34.0 Å². The van der Waals surface area contributed by atoms with Crippen molar-refractivity contribution in [2.45, 2.75) is 39.9 Å². The summed E-state index contributed by atoms with van der Waals surface area (Å²) in [6, 6.07) is 11.2. The van der Waals surface area contributed by atoms with Crippen LogP contribution in [-0.2, 0) is 0 Å². The van der Waals surface area contributed by atoms with Gasteiger partial charge in [-0.1, -0.05) is 12.0 Å². The maximum absolute atomic E-state index is 6.16. The van der Waals surface area contributed by atoms with Gasteiger partial charge in [-0.15, -0.1) is 6.42 Å². The summed E-state index contributed by atoms with van der Waals surface area (Å²) in [5, 5.41) is 4.18. The molecule has 0 saturated carbocycles. The van der Waals surface area contributed by atoms with Gasteiger partial charge in [0, 0.05) is 22.7 Å². The van der Waals surface area contributed by atoms with E-state index in [1.807, 2.05) is 64.1 Å². The van der Waals surface area contributed by atoms with Crippen molar-refractivity contribution in [1.82, 2.24) is 9.97 Å². The Kier molecular flexibility index (Phi) is 5.91. The Hall–Kier alpha value is -2.97. The summed E-state index contributed by atoms with van der Waals surface area (Å²) in [4.78, 5) is 8.70. The Morgan fingerprint density at radius 2 is 1.68 bits per heavy atom. The Labute approximate surface area is 170 Å². The second-order valence-corrected chi connectivity index (χ2v) is 7.18. The number of anilines is 2. The van der Waals surface area contributed by atoms with Crippen LogP contribution in [0.1, 0.15) is 33.3 Å². The van der Waals surface area contributed by atoms with Crippen molar-refractivity contribution in [3.63, 3.8) is 0 Å². The van der Waals surface area contributed by atoms with Crippen LogP contribution in [0.5, 0.6) is 11.5 Å². The standard InChI is InChI=1S/C22H22ClN3O2/c1-6-15-8-7-9-16(10-15)24-21-17-11-19(27-13(2)3)20(28-14(4)5)12-18(17)25-22(23)26-21/h1,7-14H,2-5H3,(H,24,25,26). The molecule has 6 heteroatoms. The molecule has 0 radical (unpaired) electrons. The number of nitrogens with zero attached hydrogens (tertiary/aromatic N) is 2. The van der Waals surface area contributed by atoms with Crippen molar-refractivity contribution in [3.8, 4) is 23.8 Å². The lowest BCUT2D eigenvalue weighted by atomic mass is 10.1. The average Bonchev–Trinajstić information content (AvgIpc) is 2.62. The molecule has 144 valence electrons. The molecule has 1 N–H and O–H groups in total. The van der Waals surface area contributed by atoms with Crippen LogP contribution < -0.4 is 14.8 Å². The van der Waals surface area contributed by atoms with Crippen LogP contribution in [0.3, 0.4) is 0 Å². The van der Waals surface area contributed by atoms with E-state index < -0.39 is 0 Å². The number of benzene rings is 2. The molecule has 2 aromatic carbocycles. The smallest absolute Gasteiger partial charge is 0.224 e. The normalized spacial score (nSPS) is 10.9. The minimum atomic E-state index is -0.0103. The van der Waals surface area contributed by atoms with Crippen LogP contribution in [0.4, 0.5) is 11.5 Å². The molecule has 0 bridgehead atoms. The van der Waals surface area contributed by atoms with E-state index in [0.717, 1.165) is 16.6 Å². The molecule has 3 rings (SSSR count). The van der Waals surface area contributed by atoms with Gasteiger partial charge in [-0.25, -0.2) is 4.98 Å². The summed E-state index contributed by atoms with van der Waals surface area (Å²) >= 11 is 6.16. The molecular weight excluding hydrogens is 374 g/mol. The molecule has 0 unspecified atom stereocenters. The van der Waals surface area contributed by atoms with E-state index in [1.54, 1.807) is 0 Å². The molecule has 0 aliphatic heterocycles. The molecule has 5 nitrogen and oxygen atoms in total. The first-order valence-electron chi connectivity index (χ1n) is 9.04. The number of ether oxygens (including phenoxy) is 2. The summed E-state index contributed by atoms with van der Waals surface area (Å²) in [5.41, 5.74) is 2.23. The number of halogens is 1. The van der Waals surface area contributed by atoms with Crippen molar-refractivity contribution in [1.29, 1.82) is 0 Å². The van der Waals surface area contributed by atoms with Gasteiger partial charge in [-0.05, 0) is 63.6 Å². The maximum atomic E-state index is 6.16. The van der Waals surface area contributed by atoms with Crippen molar-refractivity contribution < 1.29 is 9.47 Å². The lowest BCUT2D eigenvalue weighted by Crippen LogP contribution is -2.11. The number of rotatable bonds is 6. The highest BCUT2D eigenvalue weighted by atomic mass is 35.5. The molecule has 0 spiro atoms. The van der Waals surface area contributed by atoms with Crippen molar-refractivity contribution in [2.75, 3.05) is 5.32 Å². The van der Waals surface area contributed by atoms with E-state index >= 15 is 0 Å². The number of nitrogens with one attached hydrogen (secondary N) is 1. The SMILES string of the molecule is C#Cc1cccc(Nc2nc(Cl)nc3cc(OC(C)C)c(OC(C)C)cc23)c1. The van der Waals surface area contributed by atoms with Crippen LogP contribution in [-0.4, -0.2) is 22.2 Å². The van der Waals surface area contributed by atoms with Crippen molar-refractivity contribution in [3.05, 3.63) is 47.2 Å². The third-order valence-electron chi connectivity index (χ3n) is 3.75. The predicted octanol–water partition coefficient (Wildman–Crippen LogP) is 5.58. The van der Waals surface area contributed by atoms with Gasteiger partial charge in [0.1, 0.15) is 5.82 Å². The number of fused-ring (bicyclic) bond motifs is 1. The lowest BCUT2D eigenvalue weighted by Gasteiger charge is -2.18. The highest BCUT2D eigenvalue weighted by Gasteiger charge is 2.16. The van der Waals surface area contributed by atoms with Gasteiger partial charge in [-0.2, -0.15) is 4.98 Å². The third kappa shape index (κ3) is 4.65. The molecule has 0 amide bonds. The largest absolute Gasteiger partial charge is 0.487 e. The van der Waals surface area contributed by atoms with E-state index in [1.165, 1.54) is 0 Å². The Morgan fingerprint density at radius 1 is 1.00 bits per heavy atom. The van der Waals surface area contributed by atoms with Gasteiger partial charge in [0.25, 0.3) is 0 Å². The zero-order chi connectivity index (χ0) is 20.3. The average molecular weight is 396 g/mol. The minimum absolute atomic E-state index is 0.00614. The first-order valence-corrected chi connectivity index (χ1v) is 9.42. The monoisotopic (exact) mass is 395 g/mol. The second kappa shape index (κ2) is 8.37. The molecule has 0 aliphatic carbocycles. The van der Waals surface area contributed by atoms with Gasteiger partial charge in [0.2, 0.25) is 5.28 Å². The van der Waals surface area contributed by atoms with Gasteiger partial charge >= 0.3 is 0 Å². The summed E-state index contributed by atoms with van der Waals surface area (Å²) < 4.78 is 11.9. The van der Waals surface area contributed by atoms with E-state index in [4.69, 9.17) is 27.5 Å². The number of hydrogen-bond acceptors (Lipinski definition) is 5. The molecule has 0 fully saturated rings. The number of hydrogen-bond donors (Lipinski definition) is 1. The van der Waals surface area contributed by atoms with Crippen LogP contribution in [0.15, 0.2) is 36.4 Å². The molecule has 3 aromatic rings. The number of terminal acetylenes is 1. The van der Waals surface area contributed by atoms with Crippen molar-refractivity contribution in [2.24, 2.45) is 0 Å². The van der Waals surface area contributed by atoms with Crippen LogP contribution in [0.2, 0.25) is 5.28 Å². The summed E-state index contributed by atoms with van der Waals surface area (Å²) in [5.74, 6) is 4.43.